The lowest BCUT2D eigenvalue weighted by molar-refractivity contribution is -0.161. The van der Waals surface area contributed by atoms with Gasteiger partial charge in [-0.3, -0.25) is 34.4 Å². The van der Waals surface area contributed by atoms with Crippen LogP contribution in [0.1, 0.15) is 42.4 Å². The summed E-state index contributed by atoms with van der Waals surface area (Å²) in [6.07, 6.45) is 4.58. The lowest BCUT2D eigenvalue weighted by Crippen LogP contribution is -2.56. The molecule has 33 heteroatoms. The molecule has 21 rings (SSSR count). The molecule has 6 aromatic carbocycles. The van der Waals surface area contributed by atoms with E-state index in [9.17, 15) is 42.9 Å². The monoisotopic (exact) mass is 1820 g/mol. The number of hydrogen-bond donors (Lipinski definition) is 5. The zero-order chi connectivity index (χ0) is 91.6. The number of carbonyl (C=O) groups is 1. The smallest absolute Gasteiger partial charge is 0.301 e. The Morgan fingerprint density at radius 3 is 1.18 bits per heavy atom. The summed E-state index contributed by atoms with van der Waals surface area (Å²) in [5, 5.41) is 51.5. The van der Waals surface area contributed by atoms with Crippen LogP contribution in [0.2, 0.25) is 0 Å². The number of nitrogens with one attached hydrogen (secondary N) is 3. The summed E-state index contributed by atoms with van der Waals surface area (Å²) in [6, 6.07) is 55.5. The van der Waals surface area contributed by atoms with Crippen molar-refractivity contribution in [3.05, 3.63) is 181 Å². The highest BCUT2D eigenvalue weighted by atomic mass is 32.2. The van der Waals surface area contributed by atoms with Crippen LogP contribution in [0.15, 0.2) is 164 Å². The van der Waals surface area contributed by atoms with Crippen molar-refractivity contribution >= 4 is 71.2 Å². The van der Waals surface area contributed by atoms with Crippen LogP contribution in [0.5, 0.6) is 28.7 Å². The zero-order valence-electron chi connectivity index (χ0n) is 74.4. The Labute approximate surface area is 769 Å². The van der Waals surface area contributed by atoms with Crippen LogP contribution in [-0.2, 0) is 28.8 Å². The summed E-state index contributed by atoms with van der Waals surface area (Å²) in [5.41, 5.74) is 18.3. The number of benzene rings is 6. The van der Waals surface area contributed by atoms with E-state index < -0.39 is 40.9 Å². The number of likely N-dealkylation sites (tertiary alicyclic amines) is 1. The quantitative estimate of drug-likeness (QED) is 0.0446. The number of aliphatic hydroxyl groups excluding tert-OH is 2. The standard InChI is InChI=1S/C35H36F2N6O5.C33H35N5O5S.C32H34N6O3/c1-46-31-15-22(2-4-29(31)42-12-10-41(11-13-42)25-19-47-20-25)28-16-26-27(40-28)6-8-39-34(26)23-3-5-30(24(14-23)17-38)48-32-7-9-43(33(45)18-44)21-35(32,36)37;1-41-32-17-22(2-4-30(32)38-12-10-37(11-13-38)25-20-42-21-25)29-18-27-28(36-29)6-9-35-33(27)23-3-5-31(24(16-23)19-34)43-26-7-14-44(39,40)15-8-26;1-40-31-15-21(2-5-30(31)37-12-10-36(11-13-37)24-19-41-20-24)28-16-26-27(35-28)6-8-34-32(26)22-3-4-29(23(14-22)17-33)38-9-7-25(39)18-38/h2-6,8,14-16,25,32,40,44H,7,9-13,18-21H2,1H3;2-6,9,16-18,25-26,36H,7-8,10-15,20-21H2,1H3;2-6,8,14-16,24-25,35,39H,7,9-13,18-20H2,1H3/t;;25-/m..1/s1. The first-order chi connectivity index (χ1) is 64.8. The van der Waals surface area contributed by atoms with Gasteiger partial charge >= 0.3 is 5.92 Å². The molecule has 0 spiro atoms. The Morgan fingerprint density at radius 2 is 0.827 bits per heavy atom. The third-order valence-electron chi connectivity index (χ3n) is 27.2. The second kappa shape index (κ2) is 38.7. The number of fused-ring (bicyclic) bond motifs is 3. The fourth-order valence-electron chi connectivity index (χ4n) is 19.4. The number of anilines is 4. The maximum atomic E-state index is 14.9. The molecule has 2 atom stereocenters. The molecule has 1 amide bonds. The van der Waals surface area contributed by atoms with E-state index in [0.29, 0.717) is 65.6 Å². The van der Waals surface area contributed by atoms with Crippen LogP contribution >= 0.6 is 0 Å². The number of alkyl halides is 2. The number of halogens is 2. The van der Waals surface area contributed by atoms with Crippen molar-refractivity contribution in [1.29, 1.82) is 15.8 Å². The average molecular weight is 1820 g/mol. The van der Waals surface area contributed by atoms with Crippen molar-refractivity contribution < 1.29 is 70.1 Å². The van der Waals surface area contributed by atoms with Crippen molar-refractivity contribution in [2.45, 2.75) is 68.0 Å². The van der Waals surface area contributed by atoms with E-state index in [1.54, 1.807) is 64.2 Å². The summed E-state index contributed by atoms with van der Waals surface area (Å²) in [5.74, 6) is -0.909. The number of hydrogen-bond acceptors (Lipinski definition) is 26. The minimum absolute atomic E-state index is 0.0174. The van der Waals surface area contributed by atoms with Crippen molar-refractivity contribution in [3.8, 4) is 114 Å². The minimum Gasteiger partial charge on any atom is -0.495 e. The van der Waals surface area contributed by atoms with Gasteiger partial charge in [0.25, 0.3) is 0 Å². The molecule has 0 saturated carbocycles. The van der Waals surface area contributed by atoms with Crippen LogP contribution in [-0.4, -0.2) is 300 Å². The number of aromatic amines is 3. The van der Waals surface area contributed by atoms with Crippen molar-refractivity contribution in [2.24, 2.45) is 0 Å². The number of rotatable bonds is 21. The molecule has 9 aliphatic rings. The number of pyridine rings is 3. The van der Waals surface area contributed by atoms with Gasteiger partial charge in [0.1, 0.15) is 59.7 Å². The van der Waals surface area contributed by atoms with Gasteiger partial charge in [-0.25, -0.2) is 17.2 Å². The first kappa shape index (κ1) is 89.3. The van der Waals surface area contributed by atoms with Gasteiger partial charge in [0.05, 0.1) is 160 Å². The number of carbonyl (C=O) groups excluding carboxylic acids is 1. The fourth-order valence-corrected chi connectivity index (χ4v) is 20.8. The van der Waals surface area contributed by atoms with Crippen LogP contribution < -0.4 is 43.3 Å². The molecule has 12 aromatic rings. The molecular formula is C100H105F2N17O13S. The number of nitrogens with zero attached hydrogens (tertiary/aromatic N) is 14. The van der Waals surface area contributed by atoms with Crippen LogP contribution in [0.25, 0.3) is 100 Å². The molecule has 9 aliphatic heterocycles. The molecule has 6 aromatic heterocycles. The molecule has 15 heterocycles. The number of piperidine rings is 1. The molecule has 0 radical (unpaired) electrons. The van der Waals surface area contributed by atoms with Crippen molar-refractivity contribution in [1.82, 2.24) is 49.5 Å². The largest absolute Gasteiger partial charge is 0.495 e. The molecule has 9 saturated heterocycles. The van der Waals surface area contributed by atoms with E-state index in [0.717, 1.165) is 265 Å². The second-order valence-electron chi connectivity index (χ2n) is 35.2. The molecule has 0 aliphatic carbocycles. The topological polar surface area (TPSA) is 349 Å². The number of methoxy groups -OCH3 is 3. The summed E-state index contributed by atoms with van der Waals surface area (Å²) < 4.78 is 98.8. The number of aliphatic hydroxyl groups is 2. The first-order valence-electron chi connectivity index (χ1n) is 45.3. The lowest BCUT2D eigenvalue weighted by atomic mass is 10.0. The third kappa shape index (κ3) is 18.9. The minimum atomic E-state index is -3.36. The van der Waals surface area contributed by atoms with Crippen LogP contribution in [0.4, 0.5) is 31.5 Å². The van der Waals surface area contributed by atoms with E-state index in [1.165, 1.54) is 6.07 Å². The molecule has 9 fully saturated rings. The first-order valence-corrected chi connectivity index (χ1v) is 47.2. The Bertz CT molecular complexity index is 6540. The molecule has 133 heavy (non-hydrogen) atoms. The highest BCUT2D eigenvalue weighted by Crippen LogP contribution is 2.44. The third-order valence-corrected chi connectivity index (χ3v) is 28.9. The number of β-amino-alcohol motifs (C(OH)–C–C–N with tert-alkyl or cyclic N) is 1. The van der Waals surface area contributed by atoms with Gasteiger partial charge in [-0.15, -0.1) is 0 Å². The van der Waals surface area contributed by atoms with Gasteiger partial charge < -0.3 is 87.6 Å². The van der Waals surface area contributed by atoms with Gasteiger partial charge in [-0.05, 0) is 141 Å². The molecule has 1 unspecified atom stereocenters. The zero-order valence-corrected chi connectivity index (χ0v) is 75.2. The summed E-state index contributed by atoms with van der Waals surface area (Å²) >= 11 is 0. The van der Waals surface area contributed by atoms with E-state index in [1.807, 2.05) is 54.6 Å². The Morgan fingerprint density at radius 1 is 0.451 bits per heavy atom. The van der Waals surface area contributed by atoms with Crippen LogP contribution in [0.3, 0.4) is 0 Å². The Hall–Kier alpha value is -13.0. The van der Waals surface area contributed by atoms with Crippen molar-refractivity contribution in [3.63, 3.8) is 0 Å². The summed E-state index contributed by atoms with van der Waals surface area (Å²) in [6.45, 7) is 16.4. The lowest BCUT2D eigenvalue weighted by Gasteiger charge is -2.43. The Kier molecular flexibility index (Phi) is 26.0. The molecule has 5 N–H and O–H groups in total. The molecular weight excluding hydrogens is 1720 g/mol. The van der Waals surface area contributed by atoms with E-state index in [-0.39, 0.29) is 48.0 Å². The highest BCUT2D eigenvalue weighted by Gasteiger charge is 2.48. The van der Waals surface area contributed by atoms with Gasteiger partial charge in [-0.2, -0.15) is 15.8 Å². The number of nitriles is 3. The number of piperazine rings is 3. The second-order valence-corrected chi connectivity index (χ2v) is 37.5. The predicted octanol–water partition coefficient (Wildman–Crippen LogP) is 12.0. The van der Waals surface area contributed by atoms with Gasteiger partial charge in [0.2, 0.25) is 5.91 Å². The van der Waals surface area contributed by atoms with E-state index >= 15 is 0 Å². The molecule has 30 nitrogen and oxygen atoms in total. The summed E-state index contributed by atoms with van der Waals surface area (Å²) in [7, 11) is 2.14. The number of sulfone groups is 1. The SMILES string of the molecule is COc1cc(-c2cc3c(-c4ccc(N5CC[C@@H](O)C5)c(C#N)c4)nccc3[nH]2)ccc1N1CCN(C2COC2)CC1.COc1cc(-c2cc3c(-c4ccc(OC5CCN(C(=O)CO)CC5(F)F)c(C#N)c4)nccc3[nH]2)ccc1N1CCN(C2COC2)CC1.COc1cc(-c2cc3c(-c4ccc(OC5CCS(=O)(=O)CC5)c(C#N)c4)nccc3[nH]2)ccc1N1CCN(C2COC2)CC1. The highest BCUT2D eigenvalue weighted by molar-refractivity contribution is 7.91. The predicted molar refractivity (Wildman–Crippen MR) is 503 cm³/mol. The number of H-pyrrole nitrogens is 3. The number of ether oxygens (including phenoxy) is 8. The molecule has 0 bridgehead atoms. The number of aromatic nitrogens is 6. The normalized spacial score (nSPS) is 19.7. The Balaban J connectivity index is 0.000000129. The van der Waals surface area contributed by atoms with E-state index in [2.05, 4.69) is 138 Å². The average Bonchev–Trinajstić information content (AvgIpc) is 1.71. The maximum absolute atomic E-state index is 14.9. The van der Waals surface area contributed by atoms with Gasteiger partial charge in [-0.1, -0.05) is 24.3 Å². The van der Waals surface area contributed by atoms with Crippen LogP contribution in [0, 0.1) is 34.0 Å². The molecule has 688 valence electrons. The number of amides is 1. The van der Waals surface area contributed by atoms with Gasteiger partial charge in [0.15, 0.2) is 15.9 Å². The van der Waals surface area contributed by atoms with Gasteiger partial charge in [0, 0.05) is 206 Å². The fraction of sp³-hybridized carbons (Fsp3) is 0.390. The van der Waals surface area contributed by atoms with E-state index in [4.69, 9.17) is 48.0 Å². The maximum Gasteiger partial charge on any atom is 0.301 e. The van der Waals surface area contributed by atoms with Crippen molar-refractivity contribution in [2.75, 3.05) is 203 Å². The summed E-state index contributed by atoms with van der Waals surface area (Å²) in [4.78, 5) is 54.0.